The number of benzene rings is 2. The molecule has 2 N–H and O–H groups in total. The van der Waals surface area contributed by atoms with Crippen molar-refractivity contribution in [2.45, 2.75) is 38.5 Å². The van der Waals surface area contributed by atoms with Gasteiger partial charge in [0.1, 0.15) is 5.82 Å². The quantitative estimate of drug-likeness (QED) is 0.452. The average Bonchev–Trinajstić information content (AvgIpc) is 3.35. The Morgan fingerprint density at radius 3 is 2.49 bits per heavy atom. The first-order chi connectivity index (χ1) is 17.4. The zero-order chi connectivity index (χ0) is 26.9. The number of nitrogens with one attached hydrogen (secondary N) is 1. The normalized spacial score (nSPS) is 15.1. The van der Waals surface area contributed by atoms with Crippen molar-refractivity contribution in [3.05, 3.63) is 87.0 Å². The third-order valence-electron chi connectivity index (χ3n) is 6.57. The van der Waals surface area contributed by atoms with Crippen LogP contribution in [0.25, 0.3) is 11.3 Å². The third kappa shape index (κ3) is 5.85. The van der Waals surface area contributed by atoms with Gasteiger partial charge in [-0.3, -0.25) is 14.5 Å². The maximum atomic E-state index is 14.0. The van der Waals surface area contributed by atoms with E-state index >= 15 is 0 Å². The second-order valence-electron chi connectivity index (χ2n) is 9.31. The monoisotopic (exact) mass is 517 g/mol. The number of alkyl halides is 3. The summed E-state index contributed by atoms with van der Waals surface area (Å²) in [6, 6.07) is 10.2. The Kier molecular flexibility index (Phi) is 7.40. The third-order valence-corrected chi connectivity index (χ3v) is 6.57. The number of halogens is 4. The van der Waals surface area contributed by atoms with E-state index in [1.807, 2.05) is 24.3 Å². The van der Waals surface area contributed by atoms with Gasteiger partial charge in [0.15, 0.2) is 5.75 Å². The number of carbonyl (C=O) groups is 1. The Morgan fingerprint density at radius 1 is 1.11 bits per heavy atom. The maximum absolute atomic E-state index is 14.0. The van der Waals surface area contributed by atoms with Crippen molar-refractivity contribution >= 4 is 5.91 Å². The molecule has 6 nitrogen and oxygen atoms in total. The van der Waals surface area contributed by atoms with Crippen molar-refractivity contribution in [1.29, 1.82) is 0 Å². The van der Waals surface area contributed by atoms with Crippen molar-refractivity contribution in [3.8, 4) is 17.0 Å². The summed E-state index contributed by atoms with van der Waals surface area (Å²) >= 11 is 0. The Labute approximate surface area is 211 Å². The molecule has 3 aromatic rings. The zero-order valence-electron chi connectivity index (χ0n) is 20.4. The van der Waals surface area contributed by atoms with Crippen LogP contribution >= 0.6 is 0 Å². The summed E-state index contributed by atoms with van der Waals surface area (Å²) in [6.45, 7) is 4.61. The van der Waals surface area contributed by atoms with Gasteiger partial charge in [-0.1, -0.05) is 24.3 Å². The second-order valence-corrected chi connectivity index (χ2v) is 9.31. The maximum Gasteiger partial charge on any atom is 0.416 e. The number of likely N-dealkylation sites (tertiary alicyclic amines) is 1. The summed E-state index contributed by atoms with van der Waals surface area (Å²) in [5.41, 5.74) is -1.17. The van der Waals surface area contributed by atoms with Gasteiger partial charge < -0.3 is 15.0 Å². The predicted octanol–water partition coefficient (Wildman–Crippen LogP) is 5.00. The highest BCUT2D eigenvalue weighted by Gasteiger charge is 2.32. The number of aromatic nitrogens is 1. The molecule has 10 heteroatoms. The first-order valence-electron chi connectivity index (χ1n) is 11.9. The Hall–Kier alpha value is -3.66. The lowest BCUT2D eigenvalue weighted by atomic mass is 10.0. The number of hydrogen-bond acceptors (Lipinski definition) is 4. The number of aromatic hydroxyl groups is 1. The lowest BCUT2D eigenvalue weighted by Gasteiger charge is -2.19. The molecule has 0 saturated carbocycles. The highest BCUT2D eigenvalue weighted by molar-refractivity contribution is 5.98. The highest BCUT2D eigenvalue weighted by atomic mass is 19.4. The lowest BCUT2D eigenvalue weighted by molar-refractivity contribution is -0.137. The molecule has 37 heavy (non-hydrogen) atoms. The topological polar surface area (TPSA) is 74.6 Å². The van der Waals surface area contributed by atoms with Gasteiger partial charge in [0.2, 0.25) is 0 Å². The molecule has 1 aliphatic heterocycles. The summed E-state index contributed by atoms with van der Waals surface area (Å²) in [5, 5.41) is 13.1. The molecule has 1 aliphatic rings. The summed E-state index contributed by atoms with van der Waals surface area (Å²) < 4.78 is 54.5. The molecule has 4 rings (SSSR count). The molecule has 0 spiro atoms. The van der Waals surface area contributed by atoms with Crippen LogP contribution in [-0.4, -0.2) is 33.6 Å². The minimum absolute atomic E-state index is 0.154. The van der Waals surface area contributed by atoms with E-state index in [1.54, 1.807) is 6.92 Å². The van der Waals surface area contributed by atoms with Gasteiger partial charge in [-0.25, -0.2) is 4.39 Å². The van der Waals surface area contributed by atoms with Gasteiger partial charge in [0, 0.05) is 19.2 Å². The summed E-state index contributed by atoms with van der Waals surface area (Å²) in [6.07, 6.45) is -2.48. The van der Waals surface area contributed by atoms with Crippen molar-refractivity contribution in [3.63, 3.8) is 0 Å². The summed E-state index contributed by atoms with van der Waals surface area (Å²) in [5.74, 6) is -2.80. The van der Waals surface area contributed by atoms with E-state index in [0.717, 1.165) is 47.5 Å². The smallest absolute Gasteiger partial charge is 0.416 e. The number of amides is 1. The number of nitrogens with zero attached hydrogens (tertiary/aromatic N) is 2. The first-order valence-corrected chi connectivity index (χ1v) is 11.9. The van der Waals surface area contributed by atoms with E-state index in [-0.39, 0.29) is 11.3 Å². The number of pyridine rings is 1. The van der Waals surface area contributed by atoms with Gasteiger partial charge in [-0.05, 0) is 68.2 Å². The SMILES string of the molecule is CC(NC(=O)c1cc(-c2cc(F)cc(C(F)(F)F)c2)n(C)c(=O)c1O)c1cccc(CN2CCCC2)c1. The van der Waals surface area contributed by atoms with E-state index in [0.29, 0.717) is 12.1 Å². The van der Waals surface area contributed by atoms with Gasteiger partial charge in [-0.2, -0.15) is 13.2 Å². The summed E-state index contributed by atoms with van der Waals surface area (Å²) in [4.78, 5) is 28.0. The molecule has 0 aliphatic carbocycles. The Morgan fingerprint density at radius 2 is 1.81 bits per heavy atom. The van der Waals surface area contributed by atoms with Gasteiger partial charge >= 0.3 is 6.18 Å². The predicted molar refractivity (Wildman–Crippen MR) is 131 cm³/mol. The minimum Gasteiger partial charge on any atom is -0.502 e. The van der Waals surface area contributed by atoms with E-state index in [2.05, 4.69) is 10.2 Å². The molecule has 1 unspecified atom stereocenters. The highest BCUT2D eigenvalue weighted by Crippen LogP contribution is 2.33. The lowest BCUT2D eigenvalue weighted by Crippen LogP contribution is -2.29. The molecule has 0 radical (unpaired) electrons. The Balaban J connectivity index is 1.62. The van der Waals surface area contributed by atoms with Crippen LogP contribution in [0.4, 0.5) is 17.6 Å². The minimum atomic E-state index is -4.81. The molecule has 0 bridgehead atoms. The average molecular weight is 518 g/mol. The Bertz CT molecular complexity index is 1380. The standard InChI is InChI=1S/C27H27F4N3O3/c1-16(18-7-5-6-17(10-18)15-34-8-3-4-9-34)32-25(36)22-14-23(33(2)26(37)24(22)35)19-11-20(27(29,30)31)13-21(28)12-19/h5-7,10-14,16,35H,3-4,8-9,15H2,1-2H3,(H,32,36). The fourth-order valence-corrected chi connectivity index (χ4v) is 4.55. The van der Waals surface area contributed by atoms with Crippen molar-refractivity contribution in [1.82, 2.24) is 14.8 Å². The van der Waals surface area contributed by atoms with E-state index in [4.69, 9.17) is 0 Å². The number of carbonyl (C=O) groups excluding carboxylic acids is 1. The van der Waals surface area contributed by atoms with Crippen molar-refractivity contribution in [2.24, 2.45) is 7.05 Å². The van der Waals surface area contributed by atoms with Crippen molar-refractivity contribution in [2.75, 3.05) is 13.1 Å². The zero-order valence-corrected chi connectivity index (χ0v) is 20.4. The first kappa shape index (κ1) is 26.4. The second kappa shape index (κ2) is 10.4. The van der Waals surface area contributed by atoms with Crippen LogP contribution < -0.4 is 10.9 Å². The molecule has 1 fully saturated rings. The molecular weight excluding hydrogens is 490 g/mol. The van der Waals surface area contributed by atoms with Crippen LogP contribution in [0.5, 0.6) is 5.75 Å². The molecule has 196 valence electrons. The largest absolute Gasteiger partial charge is 0.502 e. The van der Waals surface area contributed by atoms with Crippen LogP contribution in [0.2, 0.25) is 0 Å². The number of hydrogen-bond donors (Lipinski definition) is 2. The molecule has 2 heterocycles. The van der Waals surface area contributed by atoms with Crippen LogP contribution in [0.15, 0.2) is 53.3 Å². The summed E-state index contributed by atoms with van der Waals surface area (Å²) in [7, 11) is 1.21. The van der Waals surface area contributed by atoms with Crippen LogP contribution in [-0.2, 0) is 19.8 Å². The van der Waals surface area contributed by atoms with Crippen LogP contribution in [0.1, 0.15) is 52.9 Å². The van der Waals surface area contributed by atoms with E-state index < -0.39 is 46.4 Å². The fourth-order valence-electron chi connectivity index (χ4n) is 4.55. The molecule has 1 saturated heterocycles. The van der Waals surface area contributed by atoms with Gasteiger partial charge in [0.25, 0.3) is 11.5 Å². The molecular formula is C27H27F4N3O3. The van der Waals surface area contributed by atoms with Crippen LogP contribution in [0, 0.1) is 5.82 Å². The van der Waals surface area contributed by atoms with E-state index in [1.165, 1.54) is 19.9 Å². The van der Waals surface area contributed by atoms with Gasteiger partial charge in [0.05, 0.1) is 22.9 Å². The fraction of sp³-hybridized carbons (Fsp3) is 0.333. The van der Waals surface area contributed by atoms with Crippen molar-refractivity contribution < 1.29 is 27.5 Å². The molecule has 1 amide bonds. The van der Waals surface area contributed by atoms with E-state index in [9.17, 15) is 32.3 Å². The molecule has 1 atom stereocenters. The number of rotatable bonds is 6. The molecule has 2 aromatic carbocycles. The molecule has 1 aromatic heterocycles. The van der Waals surface area contributed by atoms with Crippen LogP contribution in [0.3, 0.4) is 0 Å². The van der Waals surface area contributed by atoms with Gasteiger partial charge in [-0.15, -0.1) is 0 Å².